The first-order valence-corrected chi connectivity index (χ1v) is 7.75. The van der Waals surface area contributed by atoms with Crippen molar-refractivity contribution < 1.29 is 9.90 Å². The first-order valence-electron chi connectivity index (χ1n) is 7.37. The van der Waals surface area contributed by atoms with Gasteiger partial charge in [0.05, 0.1) is 11.3 Å². The first-order chi connectivity index (χ1) is 11.5. The van der Waals surface area contributed by atoms with Gasteiger partial charge in [0.25, 0.3) is 5.91 Å². The van der Waals surface area contributed by atoms with E-state index in [0.29, 0.717) is 10.7 Å². The first kappa shape index (κ1) is 16.0. The van der Waals surface area contributed by atoms with Crippen LogP contribution in [0.1, 0.15) is 22.8 Å². The zero-order valence-electron chi connectivity index (χ0n) is 13.0. The predicted octanol–water partition coefficient (Wildman–Crippen LogP) is 4.35. The fourth-order valence-electron chi connectivity index (χ4n) is 2.36. The van der Waals surface area contributed by atoms with E-state index in [0.717, 1.165) is 16.3 Å². The van der Waals surface area contributed by atoms with Crippen molar-refractivity contribution in [2.45, 2.75) is 6.92 Å². The molecule has 1 amide bonds. The van der Waals surface area contributed by atoms with E-state index >= 15 is 0 Å². The van der Waals surface area contributed by atoms with Gasteiger partial charge >= 0.3 is 0 Å². The molecular weight excluding hydrogens is 324 g/mol. The summed E-state index contributed by atoms with van der Waals surface area (Å²) in [4.78, 5) is 12.3. The van der Waals surface area contributed by atoms with Gasteiger partial charge in [-0.2, -0.15) is 5.10 Å². The largest absolute Gasteiger partial charge is 0.507 e. The minimum atomic E-state index is -0.466. The molecule has 0 aliphatic heterocycles. The fourth-order valence-corrected chi connectivity index (χ4v) is 2.49. The fraction of sp³-hybridized carbons (Fsp3) is 0.0526. The van der Waals surface area contributed by atoms with Crippen molar-refractivity contribution in [3.63, 3.8) is 0 Å². The van der Waals surface area contributed by atoms with Crippen LogP contribution in [0.5, 0.6) is 5.75 Å². The Morgan fingerprint density at radius 1 is 1.04 bits per heavy atom. The van der Waals surface area contributed by atoms with Gasteiger partial charge < -0.3 is 5.11 Å². The third kappa shape index (κ3) is 3.39. The number of hydrazone groups is 1. The highest BCUT2D eigenvalue weighted by Gasteiger charge is 2.12. The van der Waals surface area contributed by atoms with Gasteiger partial charge in [-0.3, -0.25) is 4.79 Å². The Hall–Kier alpha value is -2.85. The third-order valence-electron chi connectivity index (χ3n) is 3.70. The van der Waals surface area contributed by atoms with Crippen LogP contribution in [0.15, 0.2) is 65.8 Å². The molecule has 24 heavy (non-hydrogen) atoms. The van der Waals surface area contributed by atoms with Gasteiger partial charge in [0.1, 0.15) is 5.75 Å². The number of carbonyl (C=O) groups is 1. The van der Waals surface area contributed by atoms with E-state index in [-0.39, 0.29) is 11.3 Å². The van der Waals surface area contributed by atoms with E-state index in [1.807, 2.05) is 36.4 Å². The smallest absolute Gasteiger partial charge is 0.275 e. The van der Waals surface area contributed by atoms with E-state index in [1.165, 1.54) is 0 Å². The van der Waals surface area contributed by atoms with Crippen LogP contribution in [-0.4, -0.2) is 16.7 Å². The summed E-state index contributed by atoms with van der Waals surface area (Å²) >= 11 is 5.85. The molecule has 0 saturated heterocycles. The number of aromatic hydroxyl groups is 1. The lowest BCUT2D eigenvalue weighted by atomic mass is 10.1. The van der Waals surface area contributed by atoms with Crippen molar-refractivity contribution in [3.05, 3.63) is 76.8 Å². The van der Waals surface area contributed by atoms with Crippen molar-refractivity contribution in [3.8, 4) is 5.75 Å². The maximum atomic E-state index is 12.3. The molecule has 0 atom stereocenters. The Balaban J connectivity index is 1.83. The van der Waals surface area contributed by atoms with Crippen molar-refractivity contribution in [1.29, 1.82) is 0 Å². The van der Waals surface area contributed by atoms with Crippen LogP contribution in [0.2, 0.25) is 5.02 Å². The van der Waals surface area contributed by atoms with Crippen LogP contribution in [0.3, 0.4) is 0 Å². The molecule has 120 valence electrons. The van der Waals surface area contributed by atoms with E-state index < -0.39 is 5.91 Å². The van der Waals surface area contributed by atoms with Gasteiger partial charge in [0.15, 0.2) is 0 Å². The molecule has 0 aliphatic rings. The Kier molecular flexibility index (Phi) is 4.49. The molecule has 5 heteroatoms. The quantitative estimate of drug-likeness (QED) is 0.551. The molecule has 0 spiro atoms. The number of halogens is 1. The van der Waals surface area contributed by atoms with E-state index in [2.05, 4.69) is 10.5 Å². The van der Waals surface area contributed by atoms with Crippen LogP contribution in [0.4, 0.5) is 0 Å². The van der Waals surface area contributed by atoms with Crippen molar-refractivity contribution in [1.82, 2.24) is 5.43 Å². The van der Waals surface area contributed by atoms with Gasteiger partial charge in [-0.05, 0) is 47.5 Å². The number of nitrogens with one attached hydrogen (secondary N) is 1. The highest BCUT2D eigenvalue weighted by atomic mass is 35.5. The Labute approximate surface area is 144 Å². The molecule has 3 aromatic carbocycles. The number of hydrogen-bond donors (Lipinski definition) is 2. The molecule has 0 aromatic heterocycles. The highest BCUT2D eigenvalue weighted by molar-refractivity contribution is 6.30. The number of amides is 1. The zero-order valence-corrected chi connectivity index (χ0v) is 13.7. The van der Waals surface area contributed by atoms with Gasteiger partial charge in [-0.25, -0.2) is 5.43 Å². The average Bonchev–Trinajstić information content (AvgIpc) is 2.59. The molecular formula is C19H15ClN2O2. The summed E-state index contributed by atoms with van der Waals surface area (Å²) < 4.78 is 0. The molecule has 0 aliphatic carbocycles. The molecule has 0 fully saturated rings. The summed E-state index contributed by atoms with van der Waals surface area (Å²) in [6, 6.07) is 17.9. The summed E-state index contributed by atoms with van der Waals surface area (Å²) in [6.45, 7) is 1.78. The van der Waals surface area contributed by atoms with E-state index in [1.54, 1.807) is 31.2 Å². The lowest BCUT2D eigenvalue weighted by Crippen LogP contribution is -2.19. The topological polar surface area (TPSA) is 61.7 Å². The van der Waals surface area contributed by atoms with E-state index in [9.17, 15) is 9.90 Å². The van der Waals surface area contributed by atoms with Crippen molar-refractivity contribution >= 4 is 34.0 Å². The second-order valence-corrected chi connectivity index (χ2v) is 5.80. The monoisotopic (exact) mass is 338 g/mol. The summed E-state index contributed by atoms with van der Waals surface area (Å²) in [7, 11) is 0. The third-order valence-corrected chi connectivity index (χ3v) is 3.95. The van der Waals surface area contributed by atoms with Crippen molar-refractivity contribution in [2.24, 2.45) is 5.10 Å². The van der Waals surface area contributed by atoms with Crippen LogP contribution in [0.25, 0.3) is 10.8 Å². The minimum absolute atomic E-state index is 0.0782. The summed E-state index contributed by atoms with van der Waals surface area (Å²) in [5.74, 6) is -0.544. The molecule has 0 unspecified atom stereocenters. The van der Waals surface area contributed by atoms with Crippen LogP contribution >= 0.6 is 11.6 Å². The highest BCUT2D eigenvalue weighted by Crippen LogP contribution is 2.24. The maximum Gasteiger partial charge on any atom is 0.275 e. The number of phenols is 1. The Bertz CT molecular complexity index is 934. The number of hydrogen-bond acceptors (Lipinski definition) is 3. The molecule has 0 heterocycles. The molecule has 3 rings (SSSR count). The SMILES string of the molecule is C/C(=N/NC(=O)c1cc2ccccc2cc1O)c1ccc(Cl)cc1. The molecule has 3 aromatic rings. The second-order valence-electron chi connectivity index (χ2n) is 5.36. The van der Waals surface area contributed by atoms with Gasteiger partial charge in [0.2, 0.25) is 0 Å². The molecule has 4 nitrogen and oxygen atoms in total. The number of fused-ring (bicyclic) bond motifs is 1. The molecule has 0 saturated carbocycles. The van der Waals surface area contributed by atoms with Crippen LogP contribution < -0.4 is 5.43 Å². The standard InChI is InChI=1S/C19H15ClN2O2/c1-12(13-6-8-16(20)9-7-13)21-22-19(24)17-10-14-4-2-3-5-15(14)11-18(17)23/h2-11,23H,1H3,(H,22,24)/b21-12-. The van der Waals surface area contributed by atoms with Gasteiger partial charge in [-0.1, -0.05) is 48.0 Å². The lowest BCUT2D eigenvalue weighted by Gasteiger charge is -2.07. The number of benzene rings is 3. The second kappa shape index (κ2) is 6.72. The average molecular weight is 339 g/mol. The van der Waals surface area contributed by atoms with Crippen LogP contribution in [0, 0.1) is 0 Å². The summed E-state index contributed by atoms with van der Waals surface area (Å²) in [6.07, 6.45) is 0. The number of carbonyl (C=O) groups excluding carboxylic acids is 1. The zero-order chi connectivity index (χ0) is 17.1. The number of rotatable bonds is 3. The Morgan fingerprint density at radius 3 is 2.33 bits per heavy atom. The summed E-state index contributed by atoms with van der Waals surface area (Å²) in [5, 5.41) is 16.5. The normalized spacial score (nSPS) is 11.5. The number of phenolic OH excluding ortho intramolecular Hbond substituents is 1. The summed E-state index contributed by atoms with van der Waals surface area (Å²) in [5.41, 5.74) is 4.14. The Morgan fingerprint density at radius 2 is 1.67 bits per heavy atom. The van der Waals surface area contributed by atoms with Gasteiger partial charge in [0, 0.05) is 5.02 Å². The maximum absolute atomic E-state index is 12.3. The molecule has 0 radical (unpaired) electrons. The predicted molar refractivity (Wildman–Crippen MR) is 96.7 cm³/mol. The van der Waals surface area contributed by atoms with Gasteiger partial charge in [-0.15, -0.1) is 0 Å². The molecule has 0 bridgehead atoms. The van der Waals surface area contributed by atoms with Crippen LogP contribution in [-0.2, 0) is 0 Å². The minimum Gasteiger partial charge on any atom is -0.507 e. The van der Waals surface area contributed by atoms with E-state index in [4.69, 9.17) is 11.6 Å². The lowest BCUT2D eigenvalue weighted by molar-refractivity contribution is 0.0952. The van der Waals surface area contributed by atoms with Crippen molar-refractivity contribution in [2.75, 3.05) is 0 Å². The molecule has 2 N–H and O–H groups in total. The number of nitrogens with zero attached hydrogens (tertiary/aromatic N) is 1.